The monoisotopic (exact) mass is 1380 g/mol. The Morgan fingerprint density at radius 1 is 0.371 bits per heavy atom. The van der Waals surface area contributed by atoms with Crippen LogP contribution in [-0.4, -0.2) is 193 Å². The molecular weight excluding hydrogens is 1240 g/mol. The predicted molar refractivity (Wildman–Crippen MR) is 383 cm³/mol. The zero-order valence-corrected chi connectivity index (χ0v) is 60.3. The number of aliphatic hydroxyl groups excluding tert-OH is 11. The first-order valence-corrected chi connectivity index (χ1v) is 39.0. The lowest BCUT2D eigenvalue weighted by Gasteiger charge is -2.48. The molecule has 17 atom stereocenters. The molecule has 3 saturated heterocycles. The second-order valence-electron chi connectivity index (χ2n) is 27.8. The van der Waals surface area contributed by atoms with Gasteiger partial charge in [-0.25, -0.2) is 0 Å². The van der Waals surface area contributed by atoms with Gasteiger partial charge in [0.05, 0.1) is 38.6 Å². The van der Waals surface area contributed by atoms with Crippen LogP contribution in [0.25, 0.3) is 0 Å². The molecule has 3 fully saturated rings. The van der Waals surface area contributed by atoms with Crippen molar-refractivity contribution in [1.82, 2.24) is 5.32 Å². The lowest BCUT2D eigenvalue weighted by molar-refractivity contribution is -0.379. The number of nitrogens with one attached hydrogen (secondary N) is 1. The largest absolute Gasteiger partial charge is 0.394 e. The fourth-order valence-electron chi connectivity index (χ4n) is 13.0. The summed E-state index contributed by atoms with van der Waals surface area (Å²) in [5.74, 6) is -0.286. The third-order valence-electron chi connectivity index (χ3n) is 19.3. The lowest BCUT2D eigenvalue weighted by atomic mass is 9.96. The molecule has 3 heterocycles. The topological polar surface area (TPSA) is 307 Å². The Balaban J connectivity index is 1.32. The molecule has 3 aliphatic heterocycles. The molecule has 0 bridgehead atoms. The van der Waals surface area contributed by atoms with Crippen molar-refractivity contribution in [2.45, 2.75) is 401 Å². The summed E-state index contributed by atoms with van der Waals surface area (Å²) in [6.07, 6.45) is 48.1. The molecule has 0 aromatic heterocycles. The van der Waals surface area contributed by atoms with E-state index in [0.717, 1.165) is 51.4 Å². The fourth-order valence-corrected chi connectivity index (χ4v) is 13.0. The summed E-state index contributed by atoms with van der Waals surface area (Å²) in [4.78, 5) is 13.4. The first kappa shape index (κ1) is 88.7. The van der Waals surface area contributed by atoms with Crippen LogP contribution < -0.4 is 5.32 Å². The van der Waals surface area contributed by atoms with Crippen molar-refractivity contribution < 1.29 is 89.4 Å². The van der Waals surface area contributed by atoms with Crippen LogP contribution in [0.3, 0.4) is 0 Å². The lowest BCUT2D eigenvalue weighted by Crippen LogP contribution is -2.66. The van der Waals surface area contributed by atoms with E-state index >= 15 is 0 Å². The molecule has 0 aromatic carbocycles. The Bertz CT molecular complexity index is 1990. The van der Waals surface area contributed by atoms with Gasteiger partial charge in [0.25, 0.3) is 0 Å². The number of hydrogen-bond donors (Lipinski definition) is 12. The number of ether oxygens (including phenoxy) is 6. The van der Waals surface area contributed by atoms with Crippen LogP contribution in [0, 0.1) is 0 Å². The third kappa shape index (κ3) is 39.6. The van der Waals surface area contributed by atoms with E-state index in [2.05, 4.69) is 67.8 Å². The van der Waals surface area contributed by atoms with Crippen LogP contribution in [0.5, 0.6) is 0 Å². The molecule has 12 N–H and O–H groups in total. The molecule has 19 heteroatoms. The van der Waals surface area contributed by atoms with Gasteiger partial charge in [-0.2, -0.15) is 0 Å². The molecule has 3 aliphatic rings. The molecule has 3 rings (SSSR count). The molecule has 19 nitrogen and oxygen atoms in total. The number of hydrogen-bond acceptors (Lipinski definition) is 18. The Labute approximate surface area is 586 Å². The average Bonchev–Trinajstić information content (AvgIpc) is 0.789. The summed E-state index contributed by atoms with van der Waals surface area (Å²) in [6.45, 7) is 1.70. The number of aliphatic hydroxyl groups is 11. The number of amides is 1. The van der Waals surface area contributed by atoms with Gasteiger partial charge in [-0.1, -0.05) is 274 Å². The van der Waals surface area contributed by atoms with E-state index in [-0.39, 0.29) is 18.9 Å². The molecule has 0 aliphatic carbocycles. The summed E-state index contributed by atoms with van der Waals surface area (Å²) in [6, 6.07) is -0.996. The first-order valence-electron chi connectivity index (χ1n) is 39.0. The molecule has 566 valence electrons. The van der Waals surface area contributed by atoms with E-state index in [1.54, 1.807) is 6.08 Å². The van der Waals surface area contributed by atoms with Gasteiger partial charge in [0.2, 0.25) is 5.91 Å². The van der Waals surface area contributed by atoms with Gasteiger partial charge in [0, 0.05) is 6.42 Å². The van der Waals surface area contributed by atoms with Crippen LogP contribution in [0.4, 0.5) is 0 Å². The summed E-state index contributed by atoms with van der Waals surface area (Å²) in [5.41, 5.74) is 0. The molecule has 17 unspecified atom stereocenters. The van der Waals surface area contributed by atoms with E-state index in [1.807, 2.05) is 6.08 Å². The smallest absolute Gasteiger partial charge is 0.220 e. The van der Waals surface area contributed by atoms with Gasteiger partial charge >= 0.3 is 0 Å². The second-order valence-corrected chi connectivity index (χ2v) is 27.8. The maximum Gasteiger partial charge on any atom is 0.220 e. The molecule has 0 aromatic rings. The molecule has 0 radical (unpaired) electrons. The van der Waals surface area contributed by atoms with Crippen LogP contribution in [0.1, 0.15) is 296 Å². The minimum absolute atomic E-state index is 0.234. The van der Waals surface area contributed by atoms with Crippen molar-refractivity contribution in [3.05, 3.63) is 60.8 Å². The van der Waals surface area contributed by atoms with Gasteiger partial charge < -0.3 is 89.9 Å². The summed E-state index contributed by atoms with van der Waals surface area (Å²) >= 11 is 0. The van der Waals surface area contributed by atoms with E-state index in [1.165, 1.54) is 212 Å². The minimum Gasteiger partial charge on any atom is -0.394 e. The van der Waals surface area contributed by atoms with Gasteiger partial charge in [-0.3, -0.25) is 4.79 Å². The highest BCUT2D eigenvalue weighted by atomic mass is 16.8. The highest BCUT2D eigenvalue weighted by Crippen LogP contribution is 2.33. The van der Waals surface area contributed by atoms with Gasteiger partial charge in [-0.05, 0) is 77.0 Å². The second kappa shape index (κ2) is 58.9. The zero-order chi connectivity index (χ0) is 70.4. The number of carbonyl (C=O) groups is 1. The van der Waals surface area contributed by atoms with E-state index in [4.69, 9.17) is 28.4 Å². The Hall–Kier alpha value is -2.51. The van der Waals surface area contributed by atoms with Crippen molar-refractivity contribution in [2.24, 2.45) is 0 Å². The maximum atomic E-state index is 13.4. The highest BCUT2D eigenvalue weighted by Gasteiger charge is 2.53. The van der Waals surface area contributed by atoms with Crippen LogP contribution in [-0.2, 0) is 33.2 Å². The van der Waals surface area contributed by atoms with Gasteiger partial charge in [0.1, 0.15) is 73.2 Å². The quantitative estimate of drug-likeness (QED) is 0.0199. The molecule has 0 spiro atoms. The third-order valence-corrected chi connectivity index (χ3v) is 19.3. The maximum absolute atomic E-state index is 13.4. The summed E-state index contributed by atoms with van der Waals surface area (Å²) in [5, 5.41) is 121. The average molecular weight is 1380 g/mol. The SMILES string of the molecule is CCCCCCC/C=C\C/C=C\CCCCCCCCCCCCCCCCCCCCCCCCCCCC(=O)NC(COC1OC(CO)C(OC2OC(CO)C(OC3OC(CO)C(O)C(O)C3O)C(O)C2O)C(O)C1O)C(O)/C=C/CC/C=C/CC/C=C/CCCCCCC. The highest BCUT2D eigenvalue weighted by molar-refractivity contribution is 5.76. The zero-order valence-electron chi connectivity index (χ0n) is 60.3. The van der Waals surface area contributed by atoms with Crippen LogP contribution in [0.2, 0.25) is 0 Å². The predicted octanol–water partition coefficient (Wildman–Crippen LogP) is 12.3. The summed E-state index contributed by atoms with van der Waals surface area (Å²) < 4.78 is 34.3. The van der Waals surface area contributed by atoms with Crippen molar-refractivity contribution in [3.63, 3.8) is 0 Å². The fraction of sp³-hybridized carbons (Fsp3) is 0.859. The van der Waals surface area contributed by atoms with E-state index < -0.39 is 124 Å². The van der Waals surface area contributed by atoms with Crippen molar-refractivity contribution in [2.75, 3.05) is 26.4 Å². The van der Waals surface area contributed by atoms with Gasteiger partial charge in [0.15, 0.2) is 18.9 Å². The number of unbranched alkanes of at least 4 members (excludes halogenated alkanes) is 37. The molecule has 0 saturated carbocycles. The molecular formula is C78H141NO18. The summed E-state index contributed by atoms with van der Waals surface area (Å²) in [7, 11) is 0. The number of carbonyl (C=O) groups excluding carboxylic acids is 1. The van der Waals surface area contributed by atoms with Crippen molar-refractivity contribution in [1.29, 1.82) is 0 Å². The first-order chi connectivity index (χ1) is 47.3. The number of rotatable bonds is 61. The van der Waals surface area contributed by atoms with E-state index in [9.17, 15) is 61.0 Å². The Morgan fingerprint density at radius 3 is 1.09 bits per heavy atom. The van der Waals surface area contributed by atoms with Gasteiger partial charge in [-0.15, -0.1) is 0 Å². The minimum atomic E-state index is -1.98. The van der Waals surface area contributed by atoms with E-state index in [0.29, 0.717) is 12.8 Å². The Morgan fingerprint density at radius 2 is 0.691 bits per heavy atom. The van der Waals surface area contributed by atoms with Crippen LogP contribution >= 0.6 is 0 Å². The standard InChI is InChI=1S/C78H141NO18/c1-3-5-7-9-11-13-15-17-19-20-21-22-23-24-25-26-27-28-29-30-31-32-33-34-35-36-37-38-39-40-42-44-46-48-50-52-54-56-66(84)79-61(62(83)55-53-51-49-47-45-43-41-18-16-14-12-10-8-6-4-2)60-92-76-72(90)69(87)74(64(58-81)94-76)97-78-73(91)70(88)75(65(59-82)95-78)96-77-71(89)68(86)67(85)63(57-80)93-77/h15-18,20-21,45,47,53,55,61-65,67-78,80-83,85-91H,3-14,19,22-44,46,48-52,54,56-60H2,1-2H3,(H,79,84)/b17-15-,18-16+,21-20-,47-45+,55-53+. The number of allylic oxidation sites excluding steroid dienone is 9. The normalized spacial score (nSPS) is 27.2. The van der Waals surface area contributed by atoms with Crippen LogP contribution in [0.15, 0.2) is 60.8 Å². The van der Waals surface area contributed by atoms with Crippen molar-refractivity contribution in [3.8, 4) is 0 Å². The van der Waals surface area contributed by atoms with Crippen molar-refractivity contribution >= 4 is 5.91 Å². The molecule has 97 heavy (non-hydrogen) atoms. The Kier molecular flexibility index (Phi) is 53.9. The molecule has 1 amide bonds.